The van der Waals surface area contributed by atoms with Crippen LogP contribution in [0.25, 0.3) is 0 Å². The Labute approximate surface area is 208 Å². The Morgan fingerprint density at radius 2 is 1.82 bits per heavy atom. The second kappa shape index (κ2) is 11.4. The lowest BCUT2D eigenvalue weighted by molar-refractivity contribution is 0.0984. The molecule has 0 amide bonds. The van der Waals surface area contributed by atoms with Crippen molar-refractivity contribution in [1.29, 1.82) is 0 Å². The van der Waals surface area contributed by atoms with Crippen LogP contribution in [-0.2, 0) is 10.0 Å². The van der Waals surface area contributed by atoms with Crippen molar-refractivity contribution in [1.82, 2.24) is 14.5 Å². The first-order valence-electron chi connectivity index (χ1n) is 12.5. The molecular weight excluding hydrogens is 466 g/mol. The normalized spacial score (nSPS) is 23.6. The van der Waals surface area contributed by atoms with Gasteiger partial charge in [-0.05, 0) is 67.8 Å². The highest BCUT2D eigenvalue weighted by molar-refractivity contribution is 7.89. The van der Waals surface area contributed by atoms with Gasteiger partial charge < -0.3 is 5.32 Å². The lowest BCUT2D eigenvalue weighted by atomic mass is 9.94. The molecule has 3 heterocycles. The molecule has 3 unspecified atom stereocenters. The Morgan fingerprint density at radius 1 is 1.09 bits per heavy atom. The van der Waals surface area contributed by atoms with Gasteiger partial charge in [0.2, 0.25) is 10.0 Å². The highest BCUT2D eigenvalue weighted by Crippen LogP contribution is 2.28. The SMILES string of the molecule is CC1CC(C)CN(S(=O)(=O)c2cccc(C(=O)CNCC(c3cccs3)N3CCCCC3)c2)C1. The Hall–Kier alpha value is -1.58. The number of thiophene rings is 1. The Kier molecular flexibility index (Phi) is 8.58. The van der Waals surface area contributed by atoms with Crippen molar-refractivity contribution in [3.8, 4) is 0 Å². The molecule has 2 aliphatic rings. The molecule has 1 aromatic heterocycles. The summed E-state index contributed by atoms with van der Waals surface area (Å²) in [7, 11) is -3.61. The standard InChI is InChI=1S/C26H37N3O3S2/c1-20-14-21(2)19-29(18-20)34(31,32)23-9-6-8-22(15-23)25(30)17-27-16-24(26-10-7-13-33-26)28-11-4-3-5-12-28/h6-10,13,15,20-21,24,27H,3-5,11-12,14,16-19H2,1-2H3. The molecule has 1 aromatic carbocycles. The van der Waals surface area contributed by atoms with Gasteiger partial charge in [0.15, 0.2) is 5.78 Å². The van der Waals surface area contributed by atoms with Gasteiger partial charge in [-0.1, -0.05) is 38.5 Å². The third-order valence-electron chi connectivity index (χ3n) is 6.96. The van der Waals surface area contributed by atoms with E-state index in [0.717, 1.165) is 19.5 Å². The van der Waals surface area contributed by atoms with E-state index < -0.39 is 10.0 Å². The smallest absolute Gasteiger partial charge is 0.243 e. The lowest BCUT2D eigenvalue weighted by Crippen LogP contribution is -2.42. The first-order chi connectivity index (χ1) is 16.3. The van der Waals surface area contributed by atoms with Gasteiger partial charge in [-0.25, -0.2) is 8.42 Å². The van der Waals surface area contributed by atoms with E-state index in [1.807, 2.05) is 0 Å². The molecule has 4 rings (SSSR count). The van der Waals surface area contributed by atoms with Crippen molar-refractivity contribution in [2.75, 3.05) is 39.3 Å². The predicted octanol–water partition coefficient (Wildman–Crippen LogP) is 4.41. The second-order valence-electron chi connectivity index (χ2n) is 9.98. The van der Waals surface area contributed by atoms with Crippen molar-refractivity contribution >= 4 is 27.1 Å². The summed E-state index contributed by atoms with van der Waals surface area (Å²) in [5.74, 6) is 0.591. The van der Waals surface area contributed by atoms with Crippen LogP contribution in [-0.4, -0.2) is 62.7 Å². The first kappa shape index (κ1) is 25.5. The van der Waals surface area contributed by atoms with E-state index in [-0.39, 0.29) is 23.3 Å². The molecule has 186 valence electrons. The maximum Gasteiger partial charge on any atom is 0.243 e. The van der Waals surface area contributed by atoms with E-state index in [4.69, 9.17) is 0 Å². The van der Waals surface area contributed by atoms with E-state index in [1.54, 1.807) is 39.9 Å². The molecule has 0 bridgehead atoms. The molecule has 0 radical (unpaired) electrons. The van der Waals surface area contributed by atoms with Crippen molar-refractivity contribution in [2.45, 2.75) is 50.5 Å². The van der Waals surface area contributed by atoms with Crippen LogP contribution in [0.3, 0.4) is 0 Å². The number of nitrogens with zero attached hydrogens (tertiary/aromatic N) is 2. The summed E-state index contributed by atoms with van der Waals surface area (Å²) < 4.78 is 28.1. The zero-order valence-electron chi connectivity index (χ0n) is 20.3. The van der Waals surface area contributed by atoms with Gasteiger partial charge in [-0.2, -0.15) is 4.31 Å². The molecule has 8 heteroatoms. The minimum absolute atomic E-state index is 0.0824. The highest BCUT2D eigenvalue weighted by Gasteiger charge is 2.32. The van der Waals surface area contributed by atoms with Gasteiger partial charge in [0.05, 0.1) is 17.5 Å². The molecule has 0 spiro atoms. The fourth-order valence-electron chi connectivity index (χ4n) is 5.33. The predicted molar refractivity (Wildman–Crippen MR) is 138 cm³/mol. The number of benzene rings is 1. The number of hydrogen-bond donors (Lipinski definition) is 1. The molecule has 6 nitrogen and oxygen atoms in total. The third-order valence-corrected chi connectivity index (χ3v) is 9.76. The molecule has 2 fully saturated rings. The second-order valence-corrected chi connectivity index (χ2v) is 12.9. The third kappa shape index (κ3) is 6.15. The molecular formula is C26H37N3O3S2. The maximum atomic E-state index is 13.3. The van der Waals surface area contributed by atoms with Crippen molar-refractivity contribution in [2.24, 2.45) is 11.8 Å². The minimum atomic E-state index is -3.61. The van der Waals surface area contributed by atoms with Crippen molar-refractivity contribution in [3.63, 3.8) is 0 Å². The minimum Gasteiger partial charge on any atom is -0.308 e. The average Bonchev–Trinajstić information content (AvgIpc) is 3.36. The van der Waals surface area contributed by atoms with Crippen LogP contribution in [0.1, 0.15) is 60.8 Å². The first-order valence-corrected chi connectivity index (χ1v) is 14.8. The van der Waals surface area contributed by atoms with Crippen molar-refractivity contribution in [3.05, 3.63) is 52.2 Å². The number of Topliss-reactive ketones (excluding diaryl/α,β-unsaturated/α-hetero) is 1. The topological polar surface area (TPSA) is 69.7 Å². The van der Waals surface area contributed by atoms with Crippen molar-refractivity contribution < 1.29 is 13.2 Å². The molecule has 3 atom stereocenters. The Bertz CT molecular complexity index is 1040. The molecule has 2 aliphatic heterocycles. The zero-order valence-corrected chi connectivity index (χ0v) is 21.9. The van der Waals surface area contributed by atoms with E-state index >= 15 is 0 Å². The largest absolute Gasteiger partial charge is 0.308 e. The zero-order chi connectivity index (χ0) is 24.1. The number of carbonyl (C=O) groups excluding carboxylic acids is 1. The van der Waals surface area contributed by atoms with E-state index in [1.165, 1.54) is 24.1 Å². The highest BCUT2D eigenvalue weighted by atomic mass is 32.2. The van der Waals surface area contributed by atoms with Gasteiger partial charge >= 0.3 is 0 Å². The van der Waals surface area contributed by atoms with E-state index in [2.05, 4.69) is 41.6 Å². The molecule has 1 N–H and O–H groups in total. The summed E-state index contributed by atoms with van der Waals surface area (Å²) in [5, 5.41) is 5.46. The van der Waals surface area contributed by atoms with Gasteiger partial charge in [0, 0.05) is 30.1 Å². The van der Waals surface area contributed by atoms with Crippen LogP contribution < -0.4 is 5.32 Å². The number of piperidine rings is 2. The van der Waals surface area contributed by atoms with Crippen LogP contribution in [0.4, 0.5) is 0 Å². The van der Waals surface area contributed by atoms with Gasteiger partial charge in [0.1, 0.15) is 0 Å². The van der Waals surface area contributed by atoms with Gasteiger partial charge in [-0.15, -0.1) is 11.3 Å². The number of hydrogen-bond acceptors (Lipinski definition) is 6. The molecule has 34 heavy (non-hydrogen) atoms. The molecule has 0 saturated carbocycles. The van der Waals surface area contributed by atoms with Gasteiger partial charge in [-0.3, -0.25) is 9.69 Å². The molecule has 2 saturated heterocycles. The van der Waals surface area contributed by atoms with E-state index in [0.29, 0.717) is 37.0 Å². The number of ketones is 1. The lowest BCUT2D eigenvalue weighted by Gasteiger charge is -2.34. The Balaban J connectivity index is 1.40. The summed E-state index contributed by atoms with van der Waals surface area (Å²) in [4.78, 5) is 17.0. The number of sulfonamides is 1. The summed E-state index contributed by atoms with van der Waals surface area (Å²) in [6.07, 6.45) is 4.77. The summed E-state index contributed by atoms with van der Waals surface area (Å²) >= 11 is 1.76. The van der Waals surface area contributed by atoms with Crippen LogP contribution in [0.2, 0.25) is 0 Å². The fraction of sp³-hybridized carbons (Fsp3) is 0.577. The number of rotatable bonds is 9. The number of nitrogens with one attached hydrogen (secondary N) is 1. The monoisotopic (exact) mass is 503 g/mol. The van der Waals surface area contributed by atoms with Crippen LogP contribution in [0.15, 0.2) is 46.7 Å². The number of carbonyl (C=O) groups is 1. The van der Waals surface area contributed by atoms with E-state index in [9.17, 15) is 13.2 Å². The van der Waals surface area contributed by atoms with Gasteiger partial charge in [0.25, 0.3) is 0 Å². The molecule has 2 aromatic rings. The van der Waals surface area contributed by atoms with Crippen LogP contribution in [0, 0.1) is 11.8 Å². The fourth-order valence-corrected chi connectivity index (χ4v) is 7.91. The summed E-state index contributed by atoms with van der Waals surface area (Å²) in [5.41, 5.74) is 0.442. The average molecular weight is 504 g/mol. The van der Waals surface area contributed by atoms with Crippen LogP contribution in [0.5, 0.6) is 0 Å². The summed E-state index contributed by atoms with van der Waals surface area (Å²) in [6.45, 7) is 8.33. The molecule has 0 aliphatic carbocycles. The maximum absolute atomic E-state index is 13.3. The quantitative estimate of drug-likeness (QED) is 0.513. The summed E-state index contributed by atoms with van der Waals surface area (Å²) in [6, 6.07) is 11.1. The van der Waals surface area contributed by atoms with Crippen LogP contribution >= 0.6 is 11.3 Å². The Morgan fingerprint density at radius 3 is 2.50 bits per heavy atom. The number of likely N-dealkylation sites (tertiary alicyclic amines) is 1.